The minimum atomic E-state index is -0.355. The zero-order chi connectivity index (χ0) is 21.3. The number of amides is 1. The van der Waals surface area contributed by atoms with Gasteiger partial charge in [-0.25, -0.2) is 4.79 Å². The molecule has 0 saturated carbocycles. The normalized spacial score (nSPS) is 16.4. The largest absolute Gasteiger partial charge is 0.465 e. The summed E-state index contributed by atoms with van der Waals surface area (Å²) in [5.74, 6) is -0.424. The molecular weight excluding hydrogens is 398 g/mol. The van der Waals surface area contributed by atoms with Crippen molar-refractivity contribution in [2.75, 3.05) is 50.1 Å². The van der Waals surface area contributed by atoms with Gasteiger partial charge in [0.2, 0.25) is 5.91 Å². The van der Waals surface area contributed by atoms with Crippen LogP contribution in [0.3, 0.4) is 0 Å². The summed E-state index contributed by atoms with van der Waals surface area (Å²) in [6, 6.07) is 6.42. The number of fused-ring (bicyclic) bond motifs is 1. The van der Waals surface area contributed by atoms with Crippen molar-refractivity contribution in [3.8, 4) is 0 Å². The van der Waals surface area contributed by atoms with E-state index < -0.39 is 0 Å². The van der Waals surface area contributed by atoms with Crippen LogP contribution in [0.4, 0.5) is 10.7 Å². The zero-order valence-corrected chi connectivity index (χ0v) is 18.7. The molecule has 0 atom stereocenters. The van der Waals surface area contributed by atoms with E-state index in [2.05, 4.69) is 47.2 Å². The van der Waals surface area contributed by atoms with Crippen molar-refractivity contribution >= 4 is 33.9 Å². The molecule has 0 bridgehead atoms. The summed E-state index contributed by atoms with van der Waals surface area (Å²) in [4.78, 5) is 30.8. The van der Waals surface area contributed by atoms with Crippen molar-refractivity contribution in [1.82, 2.24) is 4.90 Å². The molecule has 1 aliphatic heterocycles. The molecule has 160 valence electrons. The molecule has 1 aliphatic carbocycles. The highest BCUT2D eigenvalue weighted by atomic mass is 32.1. The number of nitrogens with one attached hydrogen (secondary N) is 1. The lowest BCUT2D eigenvalue weighted by Gasteiger charge is -2.36. The Bertz CT molecular complexity index is 961. The summed E-state index contributed by atoms with van der Waals surface area (Å²) in [6.07, 6.45) is 2.91. The van der Waals surface area contributed by atoms with Gasteiger partial charge in [0.15, 0.2) is 0 Å². The summed E-state index contributed by atoms with van der Waals surface area (Å²) in [5, 5.41) is 3.63. The van der Waals surface area contributed by atoms with Gasteiger partial charge < -0.3 is 15.0 Å². The van der Waals surface area contributed by atoms with Crippen LogP contribution in [0.25, 0.3) is 0 Å². The van der Waals surface area contributed by atoms with E-state index in [1.807, 2.05) is 0 Å². The maximum absolute atomic E-state index is 12.7. The summed E-state index contributed by atoms with van der Waals surface area (Å²) < 4.78 is 4.96. The SMILES string of the molecule is COC(=O)c1c(NC(=O)CN2CCN(c3cccc(C)c3C)CC2)sc2c1CCC2. The van der Waals surface area contributed by atoms with Gasteiger partial charge >= 0.3 is 5.97 Å². The van der Waals surface area contributed by atoms with Crippen LogP contribution in [0.15, 0.2) is 18.2 Å². The number of piperazine rings is 1. The van der Waals surface area contributed by atoms with Gasteiger partial charge in [-0.3, -0.25) is 9.69 Å². The maximum Gasteiger partial charge on any atom is 0.341 e. The summed E-state index contributed by atoms with van der Waals surface area (Å²) in [7, 11) is 1.39. The Kier molecular flexibility index (Phi) is 6.11. The number of aryl methyl sites for hydroxylation is 2. The molecule has 0 unspecified atom stereocenters. The fraction of sp³-hybridized carbons (Fsp3) is 0.478. The topological polar surface area (TPSA) is 61.9 Å². The maximum atomic E-state index is 12.7. The molecule has 0 radical (unpaired) electrons. The lowest BCUT2D eigenvalue weighted by atomic mass is 10.1. The molecule has 1 N–H and O–H groups in total. The van der Waals surface area contributed by atoms with E-state index in [1.54, 1.807) is 0 Å². The first-order valence-electron chi connectivity index (χ1n) is 10.5. The number of rotatable bonds is 5. The third kappa shape index (κ3) is 4.09. The quantitative estimate of drug-likeness (QED) is 0.741. The summed E-state index contributed by atoms with van der Waals surface area (Å²) >= 11 is 1.52. The second kappa shape index (κ2) is 8.78. The Morgan fingerprint density at radius 1 is 1.13 bits per heavy atom. The van der Waals surface area contributed by atoms with Gasteiger partial charge in [-0.1, -0.05) is 12.1 Å². The standard InChI is InChI=1S/C23H29N3O3S/c1-15-6-4-8-18(16(15)2)26-12-10-25(11-13-26)14-20(27)24-22-21(23(28)29-3)17-7-5-9-19(17)30-22/h4,6,8H,5,7,9-14H2,1-3H3,(H,24,27). The lowest BCUT2D eigenvalue weighted by Crippen LogP contribution is -2.48. The number of ether oxygens (including phenoxy) is 1. The molecule has 0 spiro atoms. The number of benzene rings is 1. The monoisotopic (exact) mass is 427 g/mol. The van der Waals surface area contributed by atoms with Crippen LogP contribution in [0, 0.1) is 13.8 Å². The van der Waals surface area contributed by atoms with Crippen molar-refractivity contribution < 1.29 is 14.3 Å². The molecule has 2 heterocycles. The first-order chi connectivity index (χ1) is 14.5. The van der Waals surface area contributed by atoms with Crippen LogP contribution >= 0.6 is 11.3 Å². The third-order valence-corrected chi connectivity index (χ3v) is 7.43. The molecule has 30 heavy (non-hydrogen) atoms. The van der Waals surface area contributed by atoms with E-state index in [0.717, 1.165) is 51.0 Å². The molecule has 1 saturated heterocycles. The average molecular weight is 428 g/mol. The van der Waals surface area contributed by atoms with Crippen molar-refractivity contribution in [3.63, 3.8) is 0 Å². The highest BCUT2D eigenvalue weighted by Crippen LogP contribution is 2.39. The summed E-state index contributed by atoms with van der Waals surface area (Å²) in [5.41, 5.74) is 5.53. The Hall–Kier alpha value is -2.38. The third-order valence-electron chi connectivity index (χ3n) is 6.22. The smallest absolute Gasteiger partial charge is 0.341 e. The highest BCUT2D eigenvalue weighted by Gasteiger charge is 2.28. The molecular formula is C23H29N3O3S. The molecule has 1 fully saturated rings. The highest BCUT2D eigenvalue weighted by molar-refractivity contribution is 7.17. The van der Waals surface area contributed by atoms with Crippen LogP contribution in [0.1, 0.15) is 38.3 Å². The number of hydrogen-bond acceptors (Lipinski definition) is 6. The fourth-order valence-electron chi connectivity index (χ4n) is 4.40. The van der Waals surface area contributed by atoms with E-state index >= 15 is 0 Å². The van der Waals surface area contributed by atoms with Gasteiger partial charge in [0.05, 0.1) is 19.2 Å². The van der Waals surface area contributed by atoms with E-state index in [-0.39, 0.29) is 11.9 Å². The average Bonchev–Trinajstić information content (AvgIpc) is 3.31. The van der Waals surface area contributed by atoms with Crippen LogP contribution in [-0.4, -0.2) is 56.6 Å². The number of hydrogen-bond donors (Lipinski definition) is 1. The fourth-order valence-corrected chi connectivity index (χ4v) is 5.70. The molecule has 2 aliphatic rings. The molecule has 1 aromatic heterocycles. The number of nitrogens with zero attached hydrogens (tertiary/aromatic N) is 2. The predicted octanol–water partition coefficient (Wildman–Crippen LogP) is 3.40. The minimum absolute atomic E-state index is 0.0692. The van der Waals surface area contributed by atoms with Gasteiger partial charge in [0.25, 0.3) is 0 Å². The predicted molar refractivity (Wildman–Crippen MR) is 121 cm³/mol. The van der Waals surface area contributed by atoms with Crippen LogP contribution in [-0.2, 0) is 22.4 Å². The Labute approximate surface area is 181 Å². The van der Waals surface area contributed by atoms with E-state index in [4.69, 9.17) is 4.74 Å². The number of esters is 1. The van der Waals surface area contributed by atoms with Crippen LogP contribution in [0.5, 0.6) is 0 Å². The van der Waals surface area contributed by atoms with Crippen molar-refractivity contribution in [2.24, 2.45) is 0 Å². The number of anilines is 2. The van der Waals surface area contributed by atoms with Crippen molar-refractivity contribution in [1.29, 1.82) is 0 Å². The Balaban J connectivity index is 1.36. The van der Waals surface area contributed by atoms with Crippen molar-refractivity contribution in [2.45, 2.75) is 33.1 Å². The van der Waals surface area contributed by atoms with Crippen LogP contribution < -0.4 is 10.2 Å². The second-order valence-corrected chi connectivity index (χ2v) is 9.19. The molecule has 4 rings (SSSR count). The van der Waals surface area contributed by atoms with Gasteiger partial charge in [-0.2, -0.15) is 0 Å². The molecule has 1 aromatic carbocycles. The minimum Gasteiger partial charge on any atom is -0.465 e. The molecule has 2 aromatic rings. The zero-order valence-electron chi connectivity index (χ0n) is 17.9. The van der Waals surface area contributed by atoms with Gasteiger partial charge in [0.1, 0.15) is 5.00 Å². The Morgan fingerprint density at radius 3 is 2.63 bits per heavy atom. The summed E-state index contributed by atoms with van der Waals surface area (Å²) in [6.45, 7) is 8.13. The first-order valence-corrected chi connectivity index (χ1v) is 11.4. The number of carbonyl (C=O) groups is 2. The number of carbonyl (C=O) groups excluding carboxylic acids is 2. The molecule has 7 heteroatoms. The molecule has 6 nitrogen and oxygen atoms in total. The van der Waals surface area contributed by atoms with Gasteiger partial charge in [-0.15, -0.1) is 11.3 Å². The Morgan fingerprint density at radius 2 is 1.90 bits per heavy atom. The van der Waals surface area contributed by atoms with Gasteiger partial charge in [0, 0.05) is 36.7 Å². The number of methoxy groups -OCH3 is 1. The lowest BCUT2D eigenvalue weighted by molar-refractivity contribution is -0.117. The second-order valence-electron chi connectivity index (χ2n) is 8.08. The van der Waals surface area contributed by atoms with E-state index in [1.165, 1.54) is 40.1 Å². The van der Waals surface area contributed by atoms with Gasteiger partial charge in [-0.05, 0) is 55.9 Å². The van der Waals surface area contributed by atoms with Crippen molar-refractivity contribution in [3.05, 3.63) is 45.3 Å². The van der Waals surface area contributed by atoms with E-state index in [0.29, 0.717) is 17.1 Å². The molecule has 1 amide bonds. The number of thiophene rings is 1. The first kappa shape index (κ1) is 20.9. The van der Waals surface area contributed by atoms with Crippen LogP contribution in [0.2, 0.25) is 0 Å². The van der Waals surface area contributed by atoms with E-state index in [9.17, 15) is 9.59 Å².